The average molecular weight is 270 g/mol. The summed E-state index contributed by atoms with van der Waals surface area (Å²) in [6.45, 7) is 0.0534. The highest BCUT2D eigenvalue weighted by Crippen LogP contribution is 2.34. The number of fused-ring (bicyclic) bond motifs is 2. The molecule has 1 atom stereocenters. The van der Waals surface area contributed by atoms with E-state index in [0.717, 1.165) is 11.1 Å². The second-order valence-corrected chi connectivity index (χ2v) is 5.13. The van der Waals surface area contributed by atoms with Crippen LogP contribution in [0.15, 0.2) is 42.5 Å². The van der Waals surface area contributed by atoms with Gasteiger partial charge in [0.1, 0.15) is 5.82 Å². The third-order valence-corrected chi connectivity index (χ3v) is 3.90. The van der Waals surface area contributed by atoms with Gasteiger partial charge in [0, 0.05) is 17.7 Å². The minimum Gasteiger partial charge on any atom is -0.396 e. The standard InChI is InChI=1S/C17H15FO2/c18-13-5-6-15-12(10-13)9-11(7-8-19)14-3-1-2-4-16(14)17(15)20/h1-6,10-11,19H,7-9H2. The maximum atomic E-state index is 13.4. The van der Waals surface area contributed by atoms with Crippen molar-refractivity contribution in [3.63, 3.8) is 0 Å². The van der Waals surface area contributed by atoms with Gasteiger partial charge in [0.05, 0.1) is 0 Å². The van der Waals surface area contributed by atoms with Crippen LogP contribution in [0, 0.1) is 5.82 Å². The number of halogens is 1. The number of aliphatic hydroxyl groups excluding tert-OH is 1. The van der Waals surface area contributed by atoms with Crippen LogP contribution in [0.25, 0.3) is 0 Å². The highest BCUT2D eigenvalue weighted by atomic mass is 19.1. The van der Waals surface area contributed by atoms with Crippen LogP contribution in [0.4, 0.5) is 4.39 Å². The number of ketones is 1. The lowest BCUT2D eigenvalue weighted by molar-refractivity contribution is 0.103. The van der Waals surface area contributed by atoms with Gasteiger partial charge in [-0.3, -0.25) is 4.79 Å². The lowest BCUT2D eigenvalue weighted by Crippen LogP contribution is -2.06. The molecule has 1 N–H and O–H groups in total. The Labute approximate surface area is 116 Å². The zero-order valence-electron chi connectivity index (χ0n) is 11.0. The minimum absolute atomic E-state index is 0.0446. The summed E-state index contributed by atoms with van der Waals surface area (Å²) >= 11 is 0. The highest BCUT2D eigenvalue weighted by Gasteiger charge is 2.26. The van der Waals surface area contributed by atoms with E-state index >= 15 is 0 Å². The molecule has 0 bridgehead atoms. The van der Waals surface area contributed by atoms with E-state index in [0.29, 0.717) is 24.0 Å². The predicted octanol–water partition coefficient (Wildman–Crippen LogP) is 3.08. The molecular weight excluding hydrogens is 255 g/mol. The van der Waals surface area contributed by atoms with Crippen molar-refractivity contribution in [2.45, 2.75) is 18.8 Å². The Morgan fingerprint density at radius 3 is 2.75 bits per heavy atom. The van der Waals surface area contributed by atoms with E-state index in [2.05, 4.69) is 0 Å². The maximum Gasteiger partial charge on any atom is 0.193 e. The van der Waals surface area contributed by atoms with E-state index in [-0.39, 0.29) is 24.1 Å². The van der Waals surface area contributed by atoms with Gasteiger partial charge in [0.2, 0.25) is 0 Å². The molecule has 1 aliphatic rings. The van der Waals surface area contributed by atoms with Crippen molar-refractivity contribution < 1.29 is 14.3 Å². The third kappa shape index (κ3) is 2.14. The van der Waals surface area contributed by atoms with Crippen LogP contribution in [-0.2, 0) is 6.42 Å². The first-order chi connectivity index (χ1) is 9.70. The second-order valence-electron chi connectivity index (χ2n) is 5.13. The molecule has 0 amide bonds. The Bertz CT molecular complexity index is 664. The van der Waals surface area contributed by atoms with E-state index in [1.807, 2.05) is 18.2 Å². The van der Waals surface area contributed by atoms with E-state index in [4.69, 9.17) is 0 Å². The van der Waals surface area contributed by atoms with Gasteiger partial charge in [0.15, 0.2) is 5.78 Å². The van der Waals surface area contributed by atoms with Crippen LogP contribution in [0.5, 0.6) is 0 Å². The van der Waals surface area contributed by atoms with Crippen molar-refractivity contribution in [2.75, 3.05) is 6.61 Å². The van der Waals surface area contributed by atoms with Gasteiger partial charge in [0.25, 0.3) is 0 Å². The molecule has 0 aliphatic heterocycles. The molecule has 1 unspecified atom stereocenters. The van der Waals surface area contributed by atoms with Crippen LogP contribution >= 0.6 is 0 Å². The molecule has 0 spiro atoms. The van der Waals surface area contributed by atoms with Gasteiger partial charge in [-0.15, -0.1) is 0 Å². The molecule has 2 aromatic carbocycles. The SMILES string of the molecule is O=C1c2ccc(F)cc2CC(CCO)c2ccccc21. The Morgan fingerprint density at radius 1 is 1.15 bits per heavy atom. The topological polar surface area (TPSA) is 37.3 Å². The molecule has 2 aromatic rings. The van der Waals surface area contributed by atoms with E-state index < -0.39 is 0 Å². The summed E-state index contributed by atoms with van der Waals surface area (Å²) in [5.41, 5.74) is 2.91. The average Bonchev–Trinajstić information content (AvgIpc) is 2.56. The van der Waals surface area contributed by atoms with E-state index in [9.17, 15) is 14.3 Å². The monoisotopic (exact) mass is 270 g/mol. The zero-order chi connectivity index (χ0) is 14.1. The third-order valence-electron chi connectivity index (χ3n) is 3.90. The Morgan fingerprint density at radius 2 is 1.95 bits per heavy atom. The minimum atomic E-state index is -0.328. The van der Waals surface area contributed by atoms with Crippen molar-refractivity contribution in [3.8, 4) is 0 Å². The highest BCUT2D eigenvalue weighted by molar-refractivity contribution is 6.11. The van der Waals surface area contributed by atoms with Crippen molar-refractivity contribution in [1.82, 2.24) is 0 Å². The Balaban J connectivity index is 2.19. The van der Waals surface area contributed by atoms with Gasteiger partial charge in [-0.25, -0.2) is 4.39 Å². The molecule has 0 radical (unpaired) electrons. The lowest BCUT2D eigenvalue weighted by atomic mass is 9.89. The normalized spacial score (nSPS) is 17.3. The van der Waals surface area contributed by atoms with Crippen LogP contribution in [0.1, 0.15) is 39.4 Å². The number of hydrogen-bond donors (Lipinski definition) is 1. The summed E-state index contributed by atoms with van der Waals surface area (Å²) in [4.78, 5) is 12.6. The van der Waals surface area contributed by atoms with Crippen molar-refractivity contribution in [1.29, 1.82) is 0 Å². The van der Waals surface area contributed by atoms with Crippen LogP contribution in [0.2, 0.25) is 0 Å². The van der Waals surface area contributed by atoms with Crippen molar-refractivity contribution >= 4 is 5.78 Å². The first-order valence-corrected chi connectivity index (χ1v) is 6.73. The molecular formula is C17H15FO2. The predicted molar refractivity (Wildman–Crippen MR) is 74.4 cm³/mol. The second kappa shape index (κ2) is 5.17. The molecule has 0 heterocycles. The lowest BCUT2D eigenvalue weighted by Gasteiger charge is -2.16. The molecule has 3 rings (SSSR count). The molecule has 0 saturated heterocycles. The van der Waals surface area contributed by atoms with Crippen LogP contribution in [-0.4, -0.2) is 17.5 Å². The Hall–Kier alpha value is -2.00. The fourth-order valence-electron chi connectivity index (χ4n) is 2.95. The van der Waals surface area contributed by atoms with Gasteiger partial charge >= 0.3 is 0 Å². The Kier molecular flexibility index (Phi) is 3.36. The molecule has 20 heavy (non-hydrogen) atoms. The molecule has 0 saturated carbocycles. The van der Waals surface area contributed by atoms with Crippen molar-refractivity contribution in [2.24, 2.45) is 0 Å². The molecule has 3 heteroatoms. The molecule has 2 nitrogen and oxygen atoms in total. The van der Waals surface area contributed by atoms with E-state index in [1.54, 1.807) is 12.1 Å². The largest absolute Gasteiger partial charge is 0.396 e. The van der Waals surface area contributed by atoms with Crippen molar-refractivity contribution in [3.05, 3.63) is 70.5 Å². The number of carbonyl (C=O) groups is 1. The summed E-state index contributed by atoms with van der Waals surface area (Å²) in [6.07, 6.45) is 1.15. The van der Waals surface area contributed by atoms with Gasteiger partial charge < -0.3 is 5.11 Å². The number of benzene rings is 2. The first-order valence-electron chi connectivity index (χ1n) is 6.73. The molecule has 0 fully saturated rings. The quantitative estimate of drug-likeness (QED) is 0.910. The fraction of sp³-hybridized carbons (Fsp3) is 0.235. The number of rotatable bonds is 2. The number of aliphatic hydroxyl groups is 1. The summed E-state index contributed by atoms with van der Waals surface area (Å²) in [6, 6.07) is 11.8. The van der Waals surface area contributed by atoms with Crippen LogP contribution in [0.3, 0.4) is 0 Å². The van der Waals surface area contributed by atoms with Gasteiger partial charge in [-0.05, 0) is 48.1 Å². The molecule has 102 valence electrons. The zero-order valence-corrected chi connectivity index (χ0v) is 11.0. The van der Waals surface area contributed by atoms with Crippen LogP contribution < -0.4 is 0 Å². The molecule has 0 aromatic heterocycles. The molecule has 1 aliphatic carbocycles. The van der Waals surface area contributed by atoms with Gasteiger partial charge in [-0.1, -0.05) is 24.3 Å². The summed E-state index contributed by atoms with van der Waals surface area (Å²) in [5, 5.41) is 9.25. The number of carbonyl (C=O) groups excluding carboxylic acids is 1. The van der Waals surface area contributed by atoms with Gasteiger partial charge in [-0.2, -0.15) is 0 Å². The fourth-order valence-corrected chi connectivity index (χ4v) is 2.95. The smallest absolute Gasteiger partial charge is 0.193 e. The first kappa shape index (κ1) is 13.0. The maximum absolute atomic E-state index is 13.4. The number of hydrogen-bond acceptors (Lipinski definition) is 2. The van der Waals surface area contributed by atoms with E-state index in [1.165, 1.54) is 12.1 Å². The summed E-state index contributed by atoms with van der Waals surface area (Å²) in [5.74, 6) is -0.343. The summed E-state index contributed by atoms with van der Waals surface area (Å²) in [7, 11) is 0. The summed E-state index contributed by atoms with van der Waals surface area (Å²) < 4.78 is 13.4.